The summed E-state index contributed by atoms with van der Waals surface area (Å²) in [7, 11) is 1.54. The van der Waals surface area contributed by atoms with Crippen LogP contribution in [0.25, 0.3) is 0 Å². The molecule has 19 heavy (non-hydrogen) atoms. The van der Waals surface area contributed by atoms with E-state index in [9.17, 15) is 10.2 Å². The van der Waals surface area contributed by atoms with Gasteiger partial charge in [-0.3, -0.25) is 4.90 Å². The van der Waals surface area contributed by atoms with E-state index in [0.717, 1.165) is 31.7 Å². The van der Waals surface area contributed by atoms with Crippen molar-refractivity contribution in [2.75, 3.05) is 39.9 Å². The van der Waals surface area contributed by atoms with Gasteiger partial charge in [0.15, 0.2) is 11.5 Å². The van der Waals surface area contributed by atoms with Crippen LogP contribution in [0.1, 0.15) is 18.0 Å². The molecule has 1 heterocycles. The van der Waals surface area contributed by atoms with E-state index >= 15 is 0 Å². The lowest BCUT2D eigenvalue weighted by Gasteiger charge is -2.35. The first-order valence-corrected chi connectivity index (χ1v) is 6.68. The van der Waals surface area contributed by atoms with Crippen LogP contribution in [0.5, 0.6) is 11.5 Å². The van der Waals surface area contributed by atoms with Crippen LogP contribution in [0.3, 0.4) is 0 Å². The van der Waals surface area contributed by atoms with E-state index in [1.54, 1.807) is 12.1 Å². The van der Waals surface area contributed by atoms with Gasteiger partial charge in [-0.2, -0.15) is 0 Å². The lowest BCUT2D eigenvalue weighted by atomic mass is 10.0. The number of aliphatic hydroxyl groups excluding tert-OH is 1. The third-order valence-corrected chi connectivity index (χ3v) is 3.58. The molecular formula is C14H22N2O3. The minimum atomic E-state index is 0.140. The number of phenolic OH excluding ortho intramolecular Hbond substituents is 1. The van der Waals surface area contributed by atoms with E-state index < -0.39 is 0 Å². The molecule has 2 rings (SSSR count). The Balaban J connectivity index is 2.19. The zero-order valence-corrected chi connectivity index (χ0v) is 11.3. The van der Waals surface area contributed by atoms with Crippen molar-refractivity contribution >= 4 is 0 Å². The molecule has 0 radical (unpaired) electrons. The van der Waals surface area contributed by atoms with Crippen LogP contribution >= 0.6 is 0 Å². The average molecular weight is 266 g/mol. The van der Waals surface area contributed by atoms with Crippen LogP contribution in [-0.2, 0) is 0 Å². The quantitative estimate of drug-likeness (QED) is 0.733. The van der Waals surface area contributed by atoms with Gasteiger partial charge in [0, 0.05) is 38.8 Å². The molecule has 1 fully saturated rings. The second kappa shape index (κ2) is 6.75. The highest BCUT2D eigenvalue weighted by molar-refractivity contribution is 5.42. The van der Waals surface area contributed by atoms with E-state index in [0.29, 0.717) is 12.2 Å². The summed E-state index contributed by atoms with van der Waals surface area (Å²) in [6.45, 7) is 3.98. The maximum Gasteiger partial charge on any atom is 0.160 e. The van der Waals surface area contributed by atoms with Crippen molar-refractivity contribution in [2.45, 2.75) is 12.5 Å². The van der Waals surface area contributed by atoms with Crippen molar-refractivity contribution in [1.29, 1.82) is 0 Å². The lowest BCUT2D eigenvalue weighted by Crippen LogP contribution is -2.45. The van der Waals surface area contributed by atoms with Gasteiger partial charge in [-0.15, -0.1) is 0 Å². The molecule has 0 aliphatic carbocycles. The van der Waals surface area contributed by atoms with E-state index in [1.165, 1.54) is 7.11 Å². The fraction of sp³-hybridized carbons (Fsp3) is 0.571. The molecule has 0 unspecified atom stereocenters. The van der Waals surface area contributed by atoms with Gasteiger partial charge in [0.05, 0.1) is 7.11 Å². The molecule has 0 bridgehead atoms. The van der Waals surface area contributed by atoms with Crippen molar-refractivity contribution in [3.05, 3.63) is 23.8 Å². The van der Waals surface area contributed by atoms with E-state index in [2.05, 4.69) is 10.2 Å². The topological polar surface area (TPSA) is 65.0 Å². The number of benzene rings is 1. The second-order valence-corrected chi connectivity index (χ2v) is 4.75. The van der Waals surface area contributed by atoms with Crippen molar-refractivity contribution in [3.63, 3.8) is 0 Å². The molecule has 1 aliphatic rings. The number of ether oxygens (including phenoxy) is 1. The first-order chi connectivity index (χ1) is 9.26. The zero-order valence-electron chi connectivity index (χ0n) is 11.3. The van der Waals surface area contributed by atoms with Crippen molar-refractivity contribution in [3.8, 4) is 11.5 Å². The van der Waals surface area contributed by atoms with E-state index in [1.807, 2.05) is 6.07 Å². The smallest absolute Gasteiger partial charge is 0.160 e. The number of hydrogen-bond acceptors (Lipinski definition) is 5. The predicted molar refractivity (Wildman–Crippen MR) is 73.5 cm³/mol. The first kappa shape index (κ1) is 14.1. The average Bonchev–Trinajstić information content (AvgIpc) is 2.45. The highest BCUT2D eigenvalue weighted by Crippen LogP contribution is 2.32. The van der Waals surface area contributed by atoms with E-state index in [4.69, 9.17) is 4.74 Å². The Morgan fingerprint density at radius 2 is 2.11 bits per heavy atom. The largest absolute Gasteiger partial charge is 0.504 e. The van der Waals surface area contributed by atoms with Crippen molar-refractivity contribution in [1.82, 2.24) is 10.2 Å². The molecule has 0 spiro atoms. The number of rotatable bonds is 5. The van der Waals surface area contributed by atoms with Crippen LogP contribution in [0.2, 0.25) is 0 Å². The first-order valence-electron chi connectivity index (χ1n) is 6.68. The van der Waals surface area contributed by atoms with Gasteiger partial charge in [-0.1, -0.05) is 6.07 Å². The summed E-state index contributed by atoms with van der Waals surface area (Å²) in [5.74, 6) is 0.630. The minimum absolute atomic E-state index is 0.140. The molecule has 0 aromatic heterocycles. The molecule has 0 saturated carbocycles. The highest BCUT2D eigenvalue weighted by Gasteiger charge is 2.22. The van der Waals surface area contributed by atoms with Crippen LogP contribution in [0.15, 0.2) is 18.2 Å². The molecule has 106 valence electrons. The number of nitrogens with zero attached hydrogens (tertiary/aromatic N) is 1. The Labute approximate surface area is 113 Å². The summed E-state index contributed by atoms with van der Waals surface area (Å²) < 4.78 is 5.06. The summed E-state index contributed by atoms with van der Waals surface area (Å²) in [5, 5.41) is 22.5. The molecule has 1 saturated heterocycles. The summed E-state index contributed by atoms with van der Waals surface area (Å²) in [6.07, 6.45) is 0.672. The number of nitrogens with one attached hydrogen (secondary N) is 1. The Kier molecular flexibility index (Phi) is 5.01. The SMILES string of the molecule is COc1ccc([C@@H](CCO)N2CCNCC2)cc1O. The second-order valence-electron chi connectivity index (χ2n) is 4.75. The lowest BCUT2D eigenvalue weighted by molar-refractivity contribution is 0.141. The normalized spacial score (nSPS) is 18.2. The van der Waals surface area contributed by atoms with Crippen LogP contribution in [0, 0.1) is 0 Å². The third-order valence-electron chi connectivity index (χ3n) is 3.58. The van der Waals surface area contributed by atoms with Crippen molar-refractivity contribution in [2.24, 2.45) is 0 Å². The van der Waals surface area contributed by atoms with Gasteiger partial charge in [0.1, 0.15) is 0 Å². The molecule has 5 heteroatoms. The summed E-state index contributed by atoms with van der Waals surface area (Å²) in [6, 6.07) is 5.61. The molecule has 0 amide bonds. The monoisotopic (exact) mass is 266 g/mol. The molecular weight excluding hydrogens is 244 g/mol. The van der Waals surface area contributed by atoms with Gasteiger partial charge in [-0.25, -0.2) is 0 Å². The molecule has 1 aromatic carbocycles. The molecule has 5 nitrogen and oxygen atoms in total. The Bertz CT molecular complexity index is 406. The van der Waals surface area contributed by atoms with E-state index in [-0.39, 0.29) is 18.4 Å². The van der Waals surface area contributed by atoms with Crippen LogP contribution < -0.4 is 10.1 Å². The van der Waals surface area contributed by atoms with Gasteiger partial charge in [-0.05, 0) is 24.1 Å². The fourth-order valence-electron chi connectivity index (χ4n) is 2.59. The maximum atomic E-state index is 9.89. The van der Waals surface area contributed by atoms with Gasteiger partial charge >= 0.3 is 0 Å². The third kappa shape index (κ3) is 3.37. The Morgan fingerprint density at radius 3 is 2.68 bits per heavy atom. The maximum absolute atomic E-state index is 9.89. The fourth-order valence-corrected chi connectivity index (χ4v) is 2.59. The molecule has 1 aromatic rings. The summed E-state index contributed by atoms with van der Waals surface area (Å²) in [4.78, 5) is 2.34. The number of hydrogen-bond donors (Lipinski definition) is 3. The highest BCUT2D eigenvalue weighted by atomic mass is 16.5. The van der Waals surface area contributed by atoms with Gasteiger partial charge in [0.2, 0.25) is 0 Å². The van der Waals surface area contributed by atoms with Gasteiger partial charge < -0.3 is 20.3 Å². The molecule has 3 N–H and O–H groups in total. The predicted octanol–water partition coefficient (Wildman–Crippen LogP) is 0.729. The van der Waals surface area contributed by atoms with Gasteiger partial charge in [0.25, 0.3) is 0 Å². The summed E-state index contributed by atoms with van der Waals surface area (Å²) >= 11 is 0. The number of aliphatic hydroxyl groups is 1. The number of methoxy groups -OCH3 is 1. The van der Waals surface area contributed by atoms with Crippen LogP contribution in [0.4, 0.5) is 0 Å². The number of aromatic hydroxyl groups is 1. The molecule has 1 aliphatic heterocycles. The Morgan fingerprint density at radius 1 is 1.37 bits per heavy atom. The van der Waals surface area contributed by atoms with Crippen molar-refractivity contribution < 1.29 is 14.9 Å². The standard InChI is InChI=1S/C14H22N2O3/c1-19-14-3-2-11(10-13(14)18)12(4-9-17)16-7-5-15-6-8-16/h2-3,10,12,15,17-18H,4-9H2,1H3/t12-/m1/s1. The number of phenols is 1. The summed E-state index contributed by atoms with van der Waals surface area (Å²) in [5.41, 5.74) is 1.02. The van der Waals surface area contributed by atoms with Crippen LogP contribution in [-0.4, -0.2) is 55.0 Å². The molecule has 1 atom stereocenters. The zero-order chi connectivity index (χ0) is 13.7. The Hall–Kier alpha value is -1.30. The minimum Gasteiger partial charge on any atom is -0.504 e. The number of piperazine rings is 1.